The van der Waals surface area contributed by atoms with Crippen LogP contribution in [0, 0.1) is 6.92 Å². The van der Waals surface area contributed by atoms with Crippen molar-refractivity contribution in [1.82, 2.24) is 4.98 Å². The minimum Gasteiger partial charge on any atom is -0.376 e. The number of fused-ring (bicyclic) bond motifs is 1. The molecule has 88 valence electrons. The summed E-state index contributed by atoms with van der Waals surface area (Å²) in [5, 5.41) is 3.62. The van der Waals surface area contributed by atoms with E-state index in [9.17, 15) is 0 Å². The van der Waals surface area contributed by atoms with Gasteiger partial charge in [0.25, 0.3) is 0 Å². The zero-order valence-electron chi connectivity index (χ0n) is 10.5. The molecule has 0 spiro atoms. The van der Waals surface area contributed by atoms with Crippen molar-refractivity contribution in [1.29, 1.82) is 0 Å². The van der Waals surface area contributed by atoms with Crippen molar-refractivity contribution in [3.63, 3.8) is 0 Å². The minimum absolute atomic E-state index is 0.119. The topological polar surface area (TPSA) is 27.8 Å². The van der Waals surface area contributed by atoms with E-state index in [0.717, 1.165) is 0 Å². The van der Waals surface area contributed by atoms with Crippen LogP contribution in [0.15, 0.2) is 36.4 Å². The van der Waals surface area contributed by atoms with Crippen LogP contribution in [-0.4, -0.2) is 4.98 Å². The van der Waals surface area contributed by atoms with Crippen molar-refractivity contribution >= 4 is 5.69 Å². The quantitative estimate of drug-likeness (QED) is 0.761. The number of benzene rings is 1. The van der Waals surface area contributed by atoms with E-state index in [0.29, 0.717) is 6.04 Å². The third-order valence-corrected chi connectivity index (χ3v) is 3.81. The summed E-state index contributed by atoms with van der Waals surface area (Å²) in [5.74, 6) is 0. The van der Waals surface area contributed by atoms with Crippen LogP contribution in [0.3, 0.4) is 0 Å². The van der Waals surface area contributed by atoms with E-state index in [1.54, 1.807) is 0 Å². The van der Waals surface area contributed by atoms with Gasteiger partial charge in [-0.15, -0.1) is 0 Å². The molecule has 1 aliphatic heterocycles. The maximum atomic E-state index is 3.62. The maximum absolute atomic E-state index is 3.62. The van der Waals surface area contributed by atoms with E-state index in [2.05, 4.69) is 67.5 Å². The summed E-state index contributed by atoms with van der Waals surface area (Å²) in [4.78, 5) is 3.45. The number of para-hydroxylation sites is 1. The number of aromatic amines is 1. The van der Waals surface area contributed by atoms with Gasteiger partial charge in [0.15, 0.2) is 0 Å². The molecule has 1 aliphatic rings. The molecule has 17 heavy (non-hydrogen) atoms. The zero-order chi connectivity index (χ0) is 12.0. The van der Waals surface area contributed by atoms with E-state index in [4.69, 9.17) is 0 Å². The Hall–Kier alpha value is -1.70. The molecule has 0 amide bonds. The number of anilines is 1. The lowest BCUT2D eigenvalue weighted by molar-refractivity contribution is 0.467. The summed E-state index contributed by atoms with van der Waals surface area (Å²) < 4.78 is 0. The largest absolute Gasteiger partial charge is 0.376 e. The van der Waals surface area contributed by atoms with Gasteiger partial charge in [0, 0.05) is 22.5 Å². The molecule has 2 heteroatoms. The summed E-state index contributed by atoms with van der Waals surface area (Å²) >= 11 is 0. The van der Waals surface area contributed by atoms with Gasteiger partial charge in [0.1, 0.15) is 0 Å². The Morgan fingerprint density at radius 3 is 2.47 bits per heavy atom. The fourth-order valence-corrected chi connectivity index (χ4v) is 2.82. The van der Waals surface area contributed by atoms with E-state index in [-0.39, 0.29) is 5.41 Å². The molecule has 0 saturated carbocycles. The number of aryl methyl sites for hydroxylation is 1. The highest BCUT2D eigenvalue weighted by Crippen LogP contribution is 2.47. The molecule has 0 aliphatic carbocycles. The fourth-order valence-electron chi connectivity index (χ4n) is 2.82. The lowest BCUT2D eigenvalue weighted by Crippen LogP contribution is -2.25. The molecule has 2 heterocycles. The second-order valence-electron chi connectivity index (χ2n) is 5.44. The summed E-state index contributed by atoms with van der Waals surface area (Å²) in [7, 11) is 0. The predicted molar refractivity (Wildman–Crippen MR) is 71.4 cm³/mol. The van der Waals surface area contributed by atoms with Gasteiger partial charge in [-0.2, -0.15) is 0 Å². The number of H-pyrrole nitrogens is 1. The average molecular weight is 226 g/mol. The van der Waals surface area contributed by atoms with Crippen LogP contribution < -0.4 is 5.32 Å². The normalized spacial score (nSPS) is 21.0. The fraction of sp³-hybridized carbons (Fsp3) is 0.333. The molecule has 2 N–H and O–H groups in total. The monoisotopic (exact) mass is 226 g/mol. The van der Waals surface area contributed by atoms with Crippen LogP contribution in [0.5, 0.6) is 0 Å². The average Bonchev–Trinajstić information content (AvgIpc) is 2.82. The van der Waals surface area contributed by atoms with Gasteiger partial charge in [-0.05, 0) is 30.7 Å². The van der Waals surface area contributed by atoms with Crippen LogP contribution in [-0.2, 0) is 5.41 Å². The van der Waals surface area contributed by atoms with Crippen molar-refractivity contribution in [3.05, 3.63) is 53.3 Å². The Kier molecular flexibility index (Phi) is 2.09. The Bertz CT molecular complexity index is 552. The van der Waals surface area contributed by atoms with Crippen LogP contribution in [0.25, 0.3) is 0 Å². The molecular weight excluding hydrogens is 208 g/mol. The number of hydrogen-bond donors (Lipinski definition) is 2. The highest BCUT2D eigenvalue weighted by atomic mass is 15.0. The molecule has 0 saturated heterocycles. The lowest BCUT2D eigenvalue weighted by atomic mass is 9.79. The molecular formula is C15H18N2. The highest BCUT2D eigenvalue weighted by Gasteiger charge is 2.40. The second-order valence-corrected chi connectivity index (χ2v) is 5.44. The van der Waals surface area contributed by atoms with Crippen LogP contribution >= 0.6 is 0 Å². The van der Waals surface area contributed by atoms with E-state index in [1.165, 1.54) is 22.6 Å². The van der Waals surface area contributed by atoms with Gasteiger partial charge >= 0.3 is 0 Å². The first kappa shape index (κ1) is 10.5. The Balaban J connectivity index is 2.07. The van der Waals surface area contributed by atoms with E-state index < -0.39 is 0 Å². The molecule has 0 bridgehead atoms. The van der Waals surface area contributed by atoms with Crippen LogP contribution in [0.1, 0.15) is 36.8 Å². The summed E-state index contributed by atoms with van der Waals surface area (Å²) in [6.07, 6.45) is 0. The molecule has 1 aromatic carbocycles. The van der Waals surface area contributed by atoms with E-state index in [1.807, 2.05) is 0 Å². The van der Waals surface area contributed by atoms with Gasteiger partial charge in [-0.25, -0.2) is 0 Å². The minimum atomic E-state index is 0.119. The molecule has 3 rings (SSSR count). The van der Waals surface area contributed by atoms with Crippen molar-refractivity contribution in [2.45, 2.75) is 32.2 Å². The molecule has 2 nitrogen and oxygen atoms in total. The smallest absolute Gasteiger partial charge is 0.0755 e. The number of hydrogen-bond acceptors (Lipinski definition) is 1. The Morgan fingerprint density at radius 1 is 1.06 bits per heavy atom. The maximum Gasteiger partial charge on any atom is 0.0755 e. The summed E-state index contributed by atoms with van der Waals surface area (Å²) in [6, 6.07) is 13.2. The standard InChI is InChI=1S/C15H18N2/c1-10-8-9-13(16-10)14-15(2,3)11-6-4-5-7-12(11)17-14/h4-9,14,16-17H,1-3H3. The lowest BCUT2D eigenvalue weighted by Gasteiger charge is -2.27. The van der Waals surface area contributed by atoms with Crippen molar-refractivity contribution < 1.29 is 0 Å². The zero-order valence-corrected chi connectivity index (χ0v) is 10.5. The summed E-state index contributed by atoms with van der Waals surface area (Å²) in [6.45, 7) is 6.69. The third-order valence-electron chi connectivity index (χ3n) is 3.81. The first-order valence-corrected chi connectivity index (χ1v) is 6.10. The highest BCUT2D eigenvalue weighted by molar-refractivity contribution is 5.62. The molecule has 1 aromatic heterocycles. The van der Waals surface area contributed by atoms with Gasteiger partial charge in [0.05, 0.1) is 6.04 Å². The number of aromatic nitrogens is 1. The Morgan fingerprint density at radius 2 is 1.82 bits per heavy atom. The van der Waals surface area contributed by atoms with Crippen LogP contribution in [0.2, 0.25) is 0 Å². The van der Waals surface area contributed by atoms with Gasteiger partial charge in [-0.1, -0.05) is 32.0 Å². The van der Waals surface area contributed by atoms with Gasteiger partial charge in [-0.3, -0.25) is 0 Å². The number of rotatable bonds is 1. The molecule has 0 radical (unpaired) electrons. The van der Waals surface area contributed by atoms with Crippen molar-refractivity contribution in [2.75, 3.05) is 5.32 Å². The van der Waals surface area contributed by atoms with Crippen LogP contribution in [0.4, 0.5) is 5.69 Å². The second kappa shape index (κ2) is 3.39. The number of nitrogens with one attached hydrogen (secondary N) is 2. The van der Waals surface area contributed by atoms with Gasteiger partial charge < -0.3 is 10.3 Å². The van der Waals surface area contributed by atoms with Crippen molar-refractivity contribution in [2.24, 2.45) is 0 Å². The first-order valence-electron chi connectivity index (χ1n) is 6.10. The predicted octanol–water partition coefficient (Wildman–Crippen LogP) is 3.77. The van der Waals surface area contributed by atoms with Gasteiger partial charge in [0.2, 0.25) is 0 Å². The molecule has 0 fully saturated rings. The SMILES string of the molecule is Cc1ccc(C2Nc3ccccc3C2(C)C)[nH]1. The molecule has 2 aromatic rings. The molecule has 1 unspecified atom stereocenters. The Labute approximate surface area is 102 Å². The van der Waals surface area contributed by atoms with E-state index >= 15 is 0 Å². The first-order chi connectivity index (χ1) is 8.09. The third kappa shape index (κ3) is 1.47. The van der Waals surface area contributed by atoms with Crippen molar-refractivity contribution in [3.8, 4) is 0 Å². The summed E-state index contributed by atoms with van der Waals surface area (Å²) in [5.41, 5.74) is 5.26. The molecule has 1 atom stereocenters.